The van der Waals surface area contributed by atoms with Gasteiger partial charge in [-0.2, -0.15) is 0 Å². The van der Waals surface area contributed by atoms with Gasteiger partial charge < -0.3 is 57.7 Å². The van der Waals surface area contributed by atoms with Gasteiger partial charge in [0.2, 0.25) is 35.4 Å². The number of phenols is 1. The van der Waals surface area contributed by atoms with E-state index in [1.165, 1.54) is 21.9 Å². The quantitative estimate of drug-likeness (QED) is 0.0713. The van der Waals surface area contributed by atoms with E-state index in [0.29, 0.717) is 37.9 Å². The SMILES string of the molecule is CCCCCOc1ccc(-c2ccc(-c3ccc(C(=O)N[C@H]4CCCNC(=O)[C@@H]5C[C@H](N)CN5C(=O)[C@H](CCCN)NC(=O)[C@H](CCc5ccc(O)cc5)NC(=O)[C@@H]5CCCN5C(=O)[C@H](C(C)C)NC4=O)cc3)cc2)cc1. The van der Waals surface area contributed by atoms with Crippen LogP contribution < -0.4 is 42.8 Å². The van der Waals surface area contributed by atoms with E-state index in [1.807, 2.05) is 60.7 Å². The zero-order chi connectivity index (χ0) is 55.0. The van der Waals surface area contributed by atoms with Crippen molar-refractivity contribution in [3.8, 4) is 33.8 Å². The predicted molar refractivity (Wildman–Crippen MR) is 294 cm³/mol. The van der Waals surface area contributed by atoms with E-state index >= 15 is 0 Å². The topological polar surface area (TPSA) is 268 Å². The highest BCUT2D eigenvalue weighted by molar-refractivity contribution is 6.00. The average molecular weight is 1060 g/mol. The molecule has 3 fully saturated rings. The fourth-order valence-corrected chi connectivity index (χ4v) is 10.3. The molecule has 10 N–H and O–H groups in total. The van der Waals surface area contributed by atoms with Crippen molar-refractivity contribution in [1.29, 1.82) is 0 Å². The summed E-state index contributed by atoms with van der Waals surface area (Å²) in [4.78, 5) is 103. The Hall–Kier alpha value is -7.31. The first-order valence-corrected chi connectivity index (χ1v) is 27.4. The van der Waals surface area contributed by atoms with E-state index in [4.69, 9.17) is 16.2 Å². The molecule has 3 heterocycles. The van der Waals surface area contributed by atoms with E-state index in [2.05, 4.69) is 33.5 Å². The Morgan fingerprint density at radius 3 is 1.97 bits per heavy atom. The van der Waals surface area contributed by atoms with E-state index in [-0.39, 0.29) is 64.0 Å². The van der Waals surface area contributed by atoms with Crippen LogP contribution in [0.3, 0.4) is 0 Å². The molecule has 4 aromatic rings. The number of ether oxygens (including phenoxy) is 1. The molecule has 3 aliphatic rings. The van der Waals surface area contributed by atoms with Crippen molar-refractivity contribution in [3.63, 3.8) is 0 Å². The molecule has 3 aliphatic heterocycles. The zero-order valence-electron chi connectivity index (χ0n) is 44.6. The Kier molecular flexibility index (Phi) is 20.6. The molecular formula is C59H77N9O9. The lowest BCUT2D eigenvalue weighted by Gasteiger charge is -2.32. The lowest BCUT2D eigenvalue weighted by molar-refractivity contribution is -0.143. The molecule has 77 heavy (non-hydrogen) atoms. The van der Waals surface area contributed by atoms with Crippen LogP contribution in [0.25, 0.3) is 22.3 Å². The standard InChI is InChI=1S/C59H77N9O9/c1-4-5-6-34-77-46-28-24-42(25-29-46)40-18-16-39(17-19-40)41-20-22-43(23-21-41)53(70)63-47-11-8-32-62-56(73)51-35-44(61)36-68(51)58(75)49(10-7-31-60)65-54(71)48(30-15-38-13-26-45(69)27-14-38)64-57(74)50-12-9-33-67(50)59(76)52(37(2)3)66-55(47)72/h13-14,16-29,37,44,47-52,69H,4-12,15,30-36,60-61H2,1-3H3,(H,62,73)(H,63,70)(H,64,74)(H,65,71)(H,66,72)/t44-,47-,48-,49-,50-,51-,52-/m0/s1. The van der Waals surface area contributed by atoms with Gasteiger partial charge in [0, 0.05) is 31.2 Å². The molecule has 0 aromatic heterocycles. The third-order valence-electron chi connectivity index (χ3n) is 14.8. The molecular weight excluding hydrogens is 979 g/mol. The van der Waals surface area contributed by atoms with Gasteiger partial charge in [-0.3, -0.25) is 33.6 Å². The van der Waals surface area contributed by atoms with Crippen LogP contribution in [0.15, 0.2) is 97.1 Å². The molecule has 0 spiro atoms. The van der Waals surface area contributed by atoms with Gasteiger partial charge in [0.1, 0.15) is 47.8 Å². The van der Waals surface area contributed by atoms with Crippen LogP contribution >= 0.6 is 0 Å². The van der Waals surface area contributed by atoms with Crippen molar-refractivity contribution in [1.82, 2.24) is 36.4 Å². The number of hydrogen-bond acceptors (Lipinski definition) is 11. The molecule has 0 unspecified atom stereocenters. The van der Waals surface area contributed by atoms with Crippen molar-refractivity contribution in [2.75, 3.05) is 32.8 Å². The molecule has 0 bridgehead atoms. The smallest absolute Gasteiger partial charge is 0.251 e. The van der Waals surface area contributed by atoms with Gasteiger partial charge in [0.25, 0.3) is 5.91 Å². The largest absolute Gasteiger partial charge is 0.508 e. The second-order valence-corrected chi connectivity index (χ2v) is 20.9. The van der Waals surface area contributed by atoms with Crippen LogP contribution in [-0.4, -0.2) is 131 Å². The molecule has 7 amide bonds. The highest BCUT2D eigenvalue weighted by atomic mass is 16.5. The second-order valence-electron chi connectivity index (χ2n) is 20.9. The lowest BCUT2D eigenvalue weighted by Crippen LogP contribution is -2.60. The number of phenolic OH excluding ortho intramolecular Hbond substituents is 1. The maximum Gasteiger partial charge on any atom is 0.251 e. The number of carbonyl (C=O) groups is 7. The summed E-state index contributed by atoms with van der Waals surface area (Å²) in [6.07, 6.45) is 5.46. The van der Waals surface area contributed by atoms with Gasteiger partial charge in [-0.1, -0.05) is 94.3 Å². The highest BCUT2D eigenvalue weighted by Gasteiger charge is 2.43. The Labute approximate surface area is 451 Å². The number of hydrogen-bond donors (Lipinski definition) is 8. The normalized spacial score (nSPS) is 23.0. The van der Waals surface area contributed by atoms with Gasteiger partial charge in [-0.05, 0) is 141 Å². The summed E-state index contributed by atoms with van der Waals surface area (Å²) in [5.41, 5.74) is 17.3. The van der Waals surface area contributed by atoms with Crippen molar-refractivity contribution >= 4 is 41.4 Å². The number of nitrogens with one attached hydrogen (secondary N) is 5. The van der Waals surface area contributed by atoms with Crippen LogP contribution in [0.4, 0.5) is 0 Å². The summed E-state index contributed by atoms with van der Waals surface area (Å²) < 4.78 is 5.88. The fraction of sp³-hybridized carbons (Fsp3) is 0.475. The monoisotopic (exact) mass is 1060 g/mol. The first kappa shape index (κ1) is 57.4. The third-order valence-corrected chi connectivity index (χ3v) is 14.8. The molecule has 3 saturated heterocycles. The van der Waals surface area contributed by atoms with Crippen LogP contribution in [0.1, 0.15) is 107 Å². The summed E-state index contributed by atoms with van der Waals surface area (Å²) >= 11 is 0. The molecule has 412 valence electrons. The van der Waals surface area contributed by atoms with Crippen LogP contribution in [0, 0.1) is 5.92 Å². The zero-order valence-corrected chi connectivity index (χ0v) is 44.6. The summed E-state index contributed by atoms with van der Waals surface area (Å²) in [7, 11) is 0. The van der Waals surface area contributed by atoms with Crippen molar-refractivity contribution in [2.24, 2.45) is 17.4 Å². The first-order chi connectivity index (χ1) is 37.1. The number of benzene rings is 4. The Morgan fingerprint density at radius 2 is 1.34 bits per heavy atom. The number of rotatable bonds is 16. The van der Waals surface area contributed by atoms with Crippen LogP contribution in [0.2, 0.25) is 0 Å². The average Bonchev–Trinajstić information content (AvgIpc) is 4.12. The lowest BCUT2D eigenvalue weighted by atomic mass is 9.99. The predicted octanol–water partition coefficient (Wildman–Crippen LogP) is 4.70. The number of fused-ring (bicyclic) bond motifs is 2. The number of aryl methyl sites for hydroxylation is 1. The van der Waals surface area contributed by atoms with E-state index in [0.717, 1.165) is 52.8 Å². The molecule has 7 rings (SSSR count). The highest BCUT2D eigenvalue weighted by Crippen LogP contribution is 2.28. The van der Waals surface area contributed by atoms with Gasteiger partial charge in [0.05, 0.1) is 6.61 Å². The van der Waals surface area contributed by atoms with Gasteiger partial charge >= 0.3 is 0 Å². The van der Waals surface area contributed by atoms with Gasteiger partial charge in [-0.25, -0.2) is 0 Å². The number of nitrogens with zero attached hydrogens (tertiary/aromatic N) is 2. The number of unbranched alkanes of at least 4 members (excludes halogenated alkanes) is 2. The minimum atomic E-state index is -1.17. The number of carbonyl (C=O) groups excluding carboxylic acids is 7. The van der Waals surface area contributed by atoms with Crippen LogP contribution in [-0.2, 0) is 35.2 Å². The Morgan fingerprint density at radius 1 is 0.701 bits per heavy atom. The van der Waals surface area contributed by atoms with Gasteiger partial charge in [0.15, 0.2) is 0 Å². The van der Waals surface area contributed by atoms with Crippen molar-refractivity contribution in [3.05, 3.63) is 108 Å². The summed E-state index contributed by atoms with van der Waals surface area (Å²) in [5.74, 6) is -3.38. The van der Waals surface area contributed by atoms with E-state index in [9.17, 15) is 38.7 Å². The number of aromatic hydroxyl groups is 1. The first-order valence-electron chi connectivity index (χ1n) is 27.4. The summed E-state index contributed by atoms with van der Waals surface area (Å²) in [5, 5.41) is 24.3. The van der Waals surface area contributed by atoms with Gasteiger partial charge in [-0.15, -0.1) is 0 Å². The molecule has 18 nitrogen and oxygen atoms in total. The molecule has 4 aromatic carbocycles. The fourth-order valence-electron chi connectivity index (χ4n) is 10.3. The number of amides is 7. The van der Waals surface area contributed by atoms with E-state index in [1.54, 1.807) is 38.1 Å². The summed E-state index contributed by atoms with van der Waals surface area (Å²) in [6.45, 7) is 6.99. The minimum Gasteiger partial charge on any atom is -0.508 e. The Balaban J connectivity index is 1.10. The van der Waals surface area contributed by atoms with Crippen molar-refractivity contribution < 1.29 is 43.4 Å². The molecule has 0 aliphatic carbocycles. The molecule has 18 heteroatoms. The number of nitrogens with two attached hydrogens (primary N) is 2. The minimum absolute atomic E-state index is 0.0574. The summed E-state index contributed by atoms with van der Waals surface area (Å²) in [6, 6.07) is 22.7. The maximum atomic E-state index is 14.6. The molecule has 7 atom stereocenters. The second kappa shape index (κ2) is 27.6. The molecule has 0 radical (unpaired) electrons. The molecule has 0 saturated carbocycles. The Bertz CT molecular complexity index is 2650. The van der Waals surface area contributed by atoms with Crippen LogP contribution in [0.5, 0.6) is 11.5 Å². The van der Waals surface area contributed by atoms with Crippen molar-refractivity contribution in [2.45, 2.75) is 140 Å². The maximum absolute atomic E-state index is 14.6. The third kappa shape index (κ3) is 15.4. The van der Waals surface area contributed by atoms with E-state index < -0.39 is 89.6 Å².